The zero-order chi connectivity index (χ0) is 13.0. The molecule has 0 aliphatic rings. The van der Waals surface area contributed by atoms with Crippen LogP contribution >= 0.6 is 15.9 Å². The minimum Gasteiger partial charge on any atom is -0.301 e. The van der Waals surface area contributed by atoms with Crippen molar-refractivity contribution in [2.75, 3.05) is 14.1 Å². The summed E-state index contributed by atoms with van der Waals surface area (Å²) in [6.45, 7) is 4.17. The smallest absolute Gasteiger partial charge is 0.0675 e. The zero-order valence-corrected chi connectivity index (χ0v) is 12.5. The van der Waals surface area contributed by atoms with Crippen molar-refractivity contribution in [2.45, 2.75) is 26.3 Å². The van der Waals surface area contributed by atoms with Gasteiger partial charge in [-0.1, -0.05) is 28.9 Å². The lowest BCUT2D eigenvalue weighted by atomic mass is 9.89. The van der Waals surface area contributed by atoms with Gasteiger partial charge in [0, 0.05) is 4.47 Å². The van der Waals surface area contributed by atoms with Crippen LogP contribution in [-0.4, -0.2) is 19.0 Å². The Morgan fingerprint density at radius 1 is 1.41 bits per heavy atom. The van der Waals surface area contributed by atoms with Crippen molar-refractivity contribution >= 4 is 15.9 Å². The number of hydrogen-bond donors (Lipinski definition) is 0. The molecule has 0 fully saturated rings. The van der Waals surface area contributed by atoms with E-state index in [1.807, 2.05) is 20.2 Å². The molecule has 2 unspecified atom stereocenters. The third kappa shape index (κ3) is 3.31. The average Bonchev–Trinajstić information content (AvgIpc) is 2.29. The fourth-order valence-corrected chi connectivity index (χ4v) is 2.55. The molecule has 2 atom stereocenters. The molecule has 0 bridgehead atoms. The first-order valence-corrected chi connectivity index (χ1v) is 6.62. The van der Waals surface area contributed by atoms with Gasteiger partial charge < -0.3 is 4.90 Å². The highest BCUT2D eigenvalue weighted by molar-refractivity contribution is 9.10. The lowest BCUT2D eigenvalue weighted by Gasteiger charge is -2.29. The quantitative estimate of drug-likeness (QED) is 0.842. The summed E-state index contributed by atoms with van der Waals surface area (Å²) in [4.78, 5) is 2.13. The molecular weight excluding hydrogens is 276 g/mol. The van der Waals surface area contributed by atoms with Crippen LogP contribution in [0.25, 0.3) is 0 Å². The van der Waals surface area contributed by atoms with Gasteiger partial charge >= 0.3 is 0 Å². The van der Waals surface area contributed by atoms with Crippen molar-refractivity contribution in [1.82, 2.24) is 4.90 Å². The predicted octanol–water partition coefficient (Wildman–Crippen LogP) is 3.91. The fourth-order valence-electron chi connectivity index (χ4n) is 2.17. The summed E-state index contributed by atoms with van der Waals surface area (Å²) in [6, 6.07) is 8.84. The van der Waals surface area contributed by atoms with Crippen LogP contribution < -0.4 is 0 Å². The number of hydrogen-bond acceptors (Lipinski definition) is 2. The summed E-state index contributed by atoms with van der Waals surface area (Å²) in [5, 5.41) is 9.28. The molecule has 92 valence electrons. The predicted molar refractivity (Wildman–Crippen MR) is 74.7 cm³/mol. The number of rotatable bonds is 4. The Morgan fingerprint density at radius 3 is 2.53 bits per heavy atom. The van der Waals surface area contributed by atoms with Gasteiger partial charge in [-0.15, -0.1) is 0 Å². The van der Waals surface area contributed by atoms with Crippen LogP contribution in [0.15, 0.2) is 22.7 Å². The van der Waals surface area contributed by atoms with Crippen LogP contribution in [0.4, 0.5) is 0 Å². The second-order valence-electron chi connectivity index (χ2n) is 4.55. The molecule has 0 heterocycles. The van der Waals surface area contributed by atoms with E-state index in [0.717, 1.165) is 10.9 Å². The molecule has 0 aromatic heterocycles. The Hall–Kier alpha value is -0.850. The van der Waals surface area contributed by atoms with Gasteiger partial charge in [0.05, 0.1) is 18.0 Å². The second kappa shape index (κ2) is 6.18. The van der Waals surface area contributed by atoms with Crippen molar-refractivity contribution in [3.8, 4) is 6.07 Å². The molecule has 1 rings (SSSR count). The van der Waals surface area contributed by atoms with Crippen LogP contribution in [0.1, 0.15) is 30.5 Å². The van der Waals surface area contributed by atoms with Crippen molar-refractivity contribution < 1.29 is 0 Å². The maximum Gasteiger partial charge on any atom is 0.0675 e. The first-order valence-electron chi connectivity index (χ1n) is 5.83. The first-order chi connectivity index (χ1) is 8.01. The van der Waals surface area contributed by atoms with Gasteiger partial charge in [0.15, 0.2) is 0 Å². The zero-order valence-electron chi connectivity index (χ0n) is 10.9. The molecule has 0 N–H and O–H groups in total. The molecule has 0 aliphatic carbocycles. The first kappa shape index (κ1) is 14.2. The Morgan fingerprint density at radius 2 is 2.06 bits per heavy atom. The van der Waals surface area contributed by atoms with Crippen LogP contribution in [-0.2, 0) is 0 Å². The van der Waals surface area contributed by atoms with E-state index in [0.29, 0.717) is 0 Å². The molecule has 0 amide bonds. The van der Waals surface area contributed by atoms with Crippen LogP contribution in [0, 0.1) is 24.2 Å². The van der Waals surface area contributed by atoms with Gasteiger partial charge in [-0.05, 0) is 50.7 Å². The summed E-state index contributed by atoms with van der Waals surface area (Å²) in [7, 11) is 4.07. The highest BCUT2D eigenvalue weighted by Gasteiger charge is 2.25. The van der Waals surface area contributed by atoms with E-state index in [-0.39, 0.29) is 12.0 Å². The minimum atomic E-state index is 0.0259. The molecule has 0 saturated heterocycles. The van der Waals surface area contributed by atoms with Crippen LogP contribution in [0.3, 0.4) is 0 Å². The SMILES string of the molecule is CCC(C#N)C(c1cc(Br)ccc1C)N(C)C. The van der Waals surface area contributed by atoms with Gasteiger partial charge in [-0.2, -0.15) is 5.26 Å². The lowest BCUT2D eigenvalue weighted by Crippen LogP contribution is -2.27. The molecule has 2 nitrogen and oxygen atoms in total. The van der Waals surface area contributed by atoms with E-state index < -0.39 is 0 Å². The largest absolute Gasteiger partial charge is 0.301 e. The van der Waals surface area contributed by atoms with E-state index >= 15 is 0 Å². The highest BCUT2D eigenvalue weighted by atomic mass is 79.9. The van der Waals surface area contributed by atoms with Crippen LogP contribution in [0.5, 0.6) is 0 Å². The molecule has 0 radical (unpaired) electrons. The molecule has 0 saturated carbocycles. The Balaban J connectivity index is 3.23. The average molecular weight is 295 g/mol. The Bertz CT molecular complexity index is 421. The van der Waals surface area contributed by atoms with Crippen molar-refractivity contribution in [3.05, 3.63) is 33.8 Å². The number of nitrogens with zero attached hydrogens (tertiary/aromatic N) is 2. The summed E-state index contributed by atoms with van der Waals surface area (Å²) in [6.07, 6.45) is 0.866. The van der Waals surface area contributed by atoms with E-state index in [2.05, 4.69) is 52.9 Å². The lowest BCUT2D eigenvalue weighted by molar-refractivity contribution is 0.240. The van der Waals surface area contributed by atoms with Crippen LogP contribution in [0.2, 0.25) is 0 Å². The number of halogens is 1. The molecule has 1 aromatic carbocycles. The number of aryl methyl sites for hydroxylation is 1. The second-order valence-corrected chi connectivity index (χ2v) is 5.47. The van der Waals surface area contributed by atoms with Crippen molar-refractivity contribution in [3.63, 3.8) is 0 Å². The number of benzene rings is 1. The van der Waals surface area contributed by atoms with Crippen molar-refractivity contribution in [1.29, 1.82) is 5.26 Å². The van der Waals surface area contributed by atoms with E-state index in [4.69, 9.17) is 0 Å². The molecule has 1 aromatic rings. The maximum atomic E-state index is 9.28. The summed E-state index contributed by atoms with van der Waals surface area (Å²) >= 11 is 3.51. The molecular formula is C14H19BrN2. The normalized spacial score (nSPS) is 14.4. The van der Waals surface area contributed by atoms with Gasteiger partial charge in [-0.25, -0.2) is 0 Å². The van der Waals surface area contributed by atoms with Gasteiger partial charge in [0.25, 0.3) is 0 Å². The standard InChI is InChI=1S/C14H19BrN2/c1-5-11(9-16)14(17(3)4)13-8-12(15)7-6-10(13)2/h6-8,11,14H,5H2,1-4H3. The third-order valence-electron chi connectivity index (χ3n) is 3.10. The summed E-state index contributed by atoms with van der Waals surface area (Å²) < 4.78 is 1.07. The summed E-state index contributed by atoms with van der Waals surface area (Å²) in [5.74, 6) is 0.0259. The topological polar surface area (TPSA) is 27.0 Å². The van der Waals surface area contributed by atoms with E-state index in [1.54, 1.807) is 0 Å². The van der Waals surface area contributed by atoms with E-state index in [9.17, 15) is 5.26 Å². The molecule has 3 heteroatoms. The Kier molecular flexibility index (Phi) is 5.17. The van der Waals surface area contributed by atoms with E-state index in [1.165, 1.54) is 11.1 Å². The monoisotopic (exact) mass is 294 g/mol. The Labute approximate surface area is 112 Å². The molecule has 17 heavy (non-hydrogen) atoms. The van der Waals surface area contributed by atoms with Gasteiger partial charge in [0.2, 0.25) is 0 Å². The molecule has 0 aliphatic heterocycles. The maximum absolute atomic E-state index is 9.28. The summed E-state index contributed by atoms with van der Waals surface area (Å²) in [5.41, 5.74) is 2.47. The molecule has 0 spiro atoms. The number of nitriles is 1. The fraction of sp³-hybridized carbons (Fsp3) is 0.500. The minimum absolute atomic E-state index is 0.0259. The van der Waals surface area contributed by atoms with Gasteiger partial charge in [0.1, 0.15) is 0 Å². The van der Waals surface area contributed by atoms with Crippen molar-refractivity contribution in [2.24, 2.45) is 5.92 Å². The third-order valence-corrected chi connectivity index (χ3v) is 3.60. The highest BCUT2D eigenvalue weighted by Crippen LogP contribution is 2.32. The van der Waals surface area contributed by atoms with Gasteiger partial charge in [-0.3, -0.25) is 0 Å².